The van der Waals surface area contributed by atoms with Crippen molar-refractivity contribution in [3.05, 3.63) is 34.7 Å². The van der Waals surface area contributed by atoms with Crippen LogP contribution in [-0.2, 0) is 17.1 Å². The van der Waals surface area contributed by atoms with Crippen LogP contribution in [0.3, 0.4) is 0 Å². The molecule has 2 nitrogen and oxygen atoms in total. The van der Waals surface area contributed by atoms with Gasteiger partial charge in [-0.05, 0) is 25.0 Å². The molecule has 2 N–H and O–H groups in total. The van der Waals surface area contributed by atoms with Crippen molar-refractivity contribution in [2.75, 3.05) is 0 Å². The van der Waals surface area contributed by atoms with Gasteiger partial charge in [0.25, 0.3) is 0 Å². The summed E-state index contributed by atoms with van der Waals surface area (Å²) in [6, 6.07) is 3.44. The van der Waals surface area contributed by atoms with Crippen molar-refractivity contribution < 1.29 is 17.1 Å². The standard InChI is InChI=1S/C8H10N2.Cu/c1-5-3-7(9)8(10)4-6(5)2;/h3-4,9-10H,1-2H3;/q-2;+2. The van der Waals surface area contributed by atoms with Gasteiger partial charge in [-0.3, -0.25) is 0 Å². The first-order valence-electron chi connectivity index (χ1n) is 3.15. The molecule has 0 heterocycles. The maximum atomic E-state index is 7.27. The maximum absolute atomic E-state index is 7.27. The fraction of sp³-hybridized carbons (Fsp3) is 0.250. The number of aryl methyl sites for hydroxylation is 2. The Morgan fingerprint density at radius 3 is 1.45 bits per heavy atom. The van der Waals surface area contributed by atoms with Gasteiger partial charge in [0.1, 0.15) is 0 Å². The van der Waals surface area contributed by atoms with Gasteiger partial charge in [-0.15, -0.1) is 0 Å². The van der Waals surface area contributed by atoms with Crippen LogP contribution in [0.25, 0.3) is 11.5 Å². The van der Waals surface area contributed by atoms with Crippen molar-refractivity contribution in [2.24, 2.45) is 0 Å². The molecule has 0 aromatic heterocycles. The van der Waals surface area contributed by atoms with Crippen LogP contribution in [0.2, 0.25) is 0 Å². The Labute approximate surface area is 77.4 Å². The van der Waals surface area contributed by atoms with E-state index in [1.54, 1.807) is 12.1 Å². The molecule has 0 aliphatic heterocycles. The molecule has 0 saturated heterocycles. The first kappa shape index (κ1) is 10.3. The molecule has 0 unspecified atom stereocenters. The Morgan fingerprint density at radius 2 is 1.18 bits per heavy atom. The number of hydrogen-bond donors (Lipinski definition) is 0. The van der Waals surface area contributed by atoms with E-state index in [2.05, 4.69) is 0 Å². The van der Waals surface area contributed by atoms with Crippen LogP contribution in [0.15, 0.2) is 12.1 Å². The Bertz CT molecular complexity index is 208. The number of nitrogens with one attached hydrogen (secondary N) is 2. The van der Waals surface area contributed by atoms with Gasteiger partial charge in [-0.2, -0.15) is 11.4 Å². The predicted molar refractivity (Wildman–Crippen MR) is 43.9 cm³/mol. The van der Waals surface area contributed by atoms with E-state index >= 15 is 0 Å². The molecule has 0 fully saturated rings. The topological polar surface area (TPSA) is 47.6 Å². The van der Waals surface area contributed by atoms with Gasteiger partial charge >= 0.3 is 17.1 Å². The molecule has 0 saturated carbocycles. The molecule has 3 heteroatoms. The van der Waals surface area contributed by atoms with Gasteiger partial charge < -0.3 is 11.5 Å². The molecule has 1 radical (unpaired) electrons. The fourth-order valence-electron chi connectivity index (χ4n) is 0.816. The molecule has 0 aliphatic rings. The molecule has 0 atom stereocenters. The largest absolute Gasteiger partial charge is 2.00 e. The summed E-state index contributed by atoms with van der Waals surface area (Å²) < 4.78 is 0. The Kier molecular flexibility index (Phi) is 3.43. The van der Waals surface area contributed by atoms with E-state index in [1.807, 2.05) is 13.8 Å². The third kappa shape index (κ3) is 2.14. The second-order valence-electron chi connectivity index (χ2n) is 2.48. The van der Waals surface area contributed by atoms with E-state index < -0.39 is 0 Å². The summed E-state index contributed by atoms with van der Waals surface area (Å²) in [5.74, 6) is 0. The second-order valence-corrected chi connectivity index (χ2v) is 2.48. The van der Waals surface area contributed by atoms with E-state index in [9.17, 15) is 0 Å². The van der Waals surface area contributed by atoms with Gasteiger partial charge in [-0.25, -0.2) is 0 Å². The average molecular weight is 198 g/mol. The van der Waals surface area contributed by atoms with Gasteiger partial charge in [0.15, 0.2) is 0 Å². The minimum Gasteiger partial charge on any atom is -0.700 e. The van der Waals surface area contributed by atoms with Gasteiger partial charge in [0.2, 0.25) is 0 Å². The predicted octanol–water partition coefficient (Wildman–Crippen LogP) is 3.67. The summed E-state index contributed by atoms with van der Waals surface area (Å²) in [4.78, 5) is 0. The molecule has 0 bridgehead atoms. The number of rotatable bonds is 0. The van der Waals surface area contributed by atoms with Crippen LogP contribution in [0.1, 0.15) is 11.1 Å². The first-order chi connectivity index (χ1) is 4.61. The Balaban J connectivity index is 0.000001000. The summed E-state index contributed by atoms with van der Waals surface area (Å²) in [6.07, 6.45) is 0. The van der Waals surface area contributed by atoms with E-state index in [0.29, 0.717) is 11.4 Å². The zero-order chi connectivity index (χ0) is 7.72. The van der Waals surface area contributed by atoms with E-state index in [1.165, 1.54) is 0 Å². The zero-order valence-corrected chi connectivity index (χ0v) is 7.40. The van der Waals surface area contributed by atoms with Crippen LogP contribution < -0.4 is 0 Å². The number of benzene rings is 1. The second kappa shape index (κ2) is 3.65. The van der Waals surface area contributed by atoms with Crippen molar-refractivity contribution in [3.63, 3.8) is 0 Å². The Morgan fingerprint density at radius 1 is 0.909 bits per heavy atom. The van der Waals surface area contributed by atoms with E-state index in [-0.39, 0.29) is 17.1 Å². The monoisotopic (exact) mass is 197 g/mol. The van der Waals surface area contributed by atoms with E-state index in [4.69, 9.17) is 11.5 Å². The molecule has 1 rings (SSSR count). The number of hydrogen-bond acceptors (Lipinski definition) is 0. The van der Waals surface area contributed by atoms with Crippen LogP contribution in [0.5, 0.6) is 0 Å². The van der Waals surface area contributed by atoms with Crippen LogP contribution in [-0.4, -0.2) is 0 Å². The summed E-state index contributed by atoms with van der Waals surface area (Å²) >= 11 is 0. The minimum atomic E-state index is 0. The van der Waals surface area contributed by atoms with Crippen molar-refractivity contribution >= 4 is 11.4 Å². The van der Waals surface area contributed by atoms with Gasteiger partial charge in [0, 0.05) is 0 Å². The van der Waals surface area contributed by atoms with Gasteiger partial charge in [-0.1, -0.05) is 12.1 Å². The van der Waals surface area contributed by atoms with Crippen molar-refractivity contribution in [2.45, 2.75) is 13.8 Å². The zero-order valence-electron chi connectivity index (χ0n) is 6.46. The summed E-state index contributed by atoms with van der Waals surface area (Å²) in [6.45, 7) is 3.90. The third-order valence-corrected chi connectivity index (χ3v) is 1.63. The molecule has 0 aliphatic carbocycles. The molecule has 0 amide bonds. The quantitative estimate of drug-likeness (QED) is 0.570. The van der Waals surface area contributed by atoms with E-state index in [0.717, 1.165) is 11.1 Å². The fourth-order valence-corrected chi connectivity index (χ4v) is 0.816. The third-order valence-electron chi connectivity index (χ3n) is 1.63. The molecular formula is C8H10CuN2. The molecule has 1 aromatic carbocycles. The molecular weight excluding hydrogens is 188 g/mol. The summed E-state index contributed by atoms with van der Waals surface area (Å²) in [7, 11) is 0. The molecule has 63 valence electrons. The summed E-state index contributed by atoms with van der Waals surface area (Å²) in [5, 5.41) is 0. The summed E-state index contributed by atoms with van der Waals surface area (Å²) in [5.41, 5.74) is 17.3. The minimum absolute atomic E-state index is 0. The average Bonchev–Trinajstić information content (AvgIpc) is 1.84. The molecule has 11 heavy (non-hydrogen) atoms. The maximum Gasteiger partial charge on any atom is 2.00 e. The van der Waals surface area contributed by atoms with Crippen LogP contribution in [0, 0.1) is 13.8 Å². The van der Waals surface area contributed by atoms with Crippen molar-refractivity contribution in [1.82, 2.24) is 0 Å². The smallest absolute Gasteiger partial charge is 0.700 e. The molecule has 0 spiro atoms. The first-order valence-corrected chi connectivity index (χ1v) is 3.15. The molecule has 1 aromatic rings. The van der Waals surface area contributed by atoms with Crippen LogP contribution >= 0.6 is 0 Å². The van der Waals surface area contributed by atoms with Crippen molar-refractivity contribution in [3.8, 4) is 0 Å². The van der Waals surface area contributed by atoms with Crippen molar-refractivity contribution in [1.29, 1.82) is 0 Å². The van der Waals surface area contributed by atoms with Crippen LogP contribution in [0.4, 0.5) is 11.4 Å². The van der Waals surface area contributed by atoms with Gasteiger partial charge in [0.05, 0.1) is 0 Å². The Hall–Kier alpha value is -0.661. The normalized spacial score (nSPS) is 8.91. The SMILES string of the molecule is Cc1cc([NH-])c([NH-])cc1C.[Cu+2].